The lowest BCUT2D eigenvalue weighted by Gasteiger charge is -2.49. The first kappa shape index (κ1) is 23.1. The summed E-state index contributed by atoms with van der Waals surface area (Å²) in [5.41, 5.74) is -25.3. The fraction of sp³-hybridized carbons (Fsp3) is 1.00. The van der Waals surface area contributed by atoms with Crippen molar-refractivity contribution in [2.75, 3.05) is 0 Å². The number of aliphatic hydroxyl groups is 1. The highest BCUT2D eigenvalue weighted by molar-refractivity contribution is 5.48. The van der Waals surface area contributed by atoms with Crippen molar-refractivity contribution in [3.8, 4) is 0 Å². The van der Waals surface area contributed by atoms with E-state index in [9.17, 15) is 74.6 Å². The molecule has 2 saturated carbocycles. The third-order valence-electron chi connectivity index (χ3n) is 5.00. The van der Waals surface area contributed by atoms with Crippen LogP contribution in [-0.4, -0.2) is 52.9 Å². The second kappa shape index (κ2) is 4.58. The predicted molar refractivity (Wildman–Crippen MR) is 47.8 cm³/mol. The van der Waals surface area contributed by atoms with Gasteiger partial charge in [0.25, 0.3) is 11.5 Å². The zero-order valence-electron chi connectivity index (χ0n) is 11.9. The highest BCUT2D eigenvalue weighted by Crippen LogP contribution is 2.94. The molecule has 0 radical (unpaired) electrons. The number of hydrogen-bond donors (Lipinski definition) is 1. The third-order valence-corrected chi connectivity index (χ3v) is 5.00. The molecule has 1 nitrogen and oxygen atoms in total. The molecule has 2 rings (SSSR count). The molecule has 1 N–H and O–H groups in total. The molecular formula is C10HF17O. The lowest BCUT2D eigenvalue weighted by molar-refractivity contribution is -0.482. The van der Waals surface area contributed by atoms with E-state index in [-0.39, 0.29) is 0 Å². The Balaban J connectivity index is 3.46. The molecule has 0 aromatic rings. The highest BCUT2D eigenvalue weighted by Gasteiger charge is 3.23. The van der Waals surface area contributed by atoms with Gasteiger partial charge in [-0.3, -0.25) is 0 Å². The maximum absolute atomic E-state index is 14.4. The summed E-state index contributed by atoms with van der Waals surface area (Å²) in [5, 5.41) is 8.60. The molecule has 2 bridgehead atoms. The molecule has 2 aliphatic rings. The van der Waals surface area contributed by atoms with Crippen LogP contribution in [0.1, 0.15) is 0 Å². The van der Waals surface area contributed by atoms with Crippen LogP contribution in [-0.2, 0) is 0 Å². The molecule has 0 heterocycles. The molecule has 0 aromatic carbocycles. The Morgan fingerprint density at radius 2 is 0.786 bits per heavy atom. The first-order valence-electron chi connectivity index (χ1n) is 6.19. The van der Waals surface area contributed by atoms with E-state index in [1.165, 1.54) is 0 Å². The molecule has 2 fully saturated rings. The lowest BCUT2D eigenvalue weighted by atomic mass is 9.61. The predicted octanol–water partition coefficient (Wildman–Crippen LogP) is 4.95. The topological polar surface area (TPSA) is 20.2 Å². The summed E-state index contributed by atoms with van der Waals surface area (Å²) >= 11 is 0. The summed E-state index contributed by atoms with van der Waals surface area (Å²) in [4.78, 5) is 0. The van der Waals surface area contributed by atoms with E-state index < -0.39 is 58.7 Å². The second-order valence-electron chi connectivity index (χ2n) is 6.00. The smallest absolute Gasteiger partial charge is 0.356 e. The van der Waals surface area contributed by atoms with Gasteiger partial charge in [-0.2, -0.15) is 65.9 Å². The standard InChI is InChI=1S/C10HF17O/c11-3-1(8(19,20)21,9(22,23)24)2(10(25,26)27,4(12,13)5(3,14)15)7(18,28)6(3,16)17/h28H. The minimum atomic E-state index is -8.52. The van der Waals surface area contributed by atoms with E-state index in [2.05, 4.69) is 0 Å². The van der Waals surface area contributed by atoms with Crippen molar-refractivity contribution in [3.63, 3.8) is 0 Å². The molecule has 0 saturated heterocycles. The Kier molecular flexibility index (Phi) is 3.77. The van der Waals surface area contributed by atoms with E-state index in [1.54, 1.807) is 0 Å². The number of fused-ring (bicyclic) bond motifs is 2. The van der Waals surface area contributed by atoms with Crippen molar-refractivity contribution < 1.29 is 79.7 Å². The minimum absolute atomic E-state index is 7.82. The van der Waals surface area contributed by atoms with Crippen LogP contribution in [0.3, 0.4) is 0 Å². The van der Waals surface area contributed by atoms with Crippen molar-refractivity contribution in [2.45, 2.75) is 47.8 Å². The van der Waals surface area contributed by atoms with Gasteiger partial charge in [0.05, 0.1) is 0 Å². The lowest BCUT2D eigenvalue weighted by Crippen LogP contribution is -2.77. The van der Waals surface area contributed by atoms with Gasteiger partial charge in [0.1, 0.15) is 0 Å². The van der Waals surface area contributed by atoms with Crippen molar-refractivity contribution >= 4 is 0 Å². The van der Waals surface area contributed by atoms with Crippen LogP contribution in [0.5, 0.6) is 0 Å². The normalized spacial score (nSPS) is 41.4. The fourth-order valence-electron chi connectivity index (χ4n) is 4.09. The summed E-state index contributed by atoms with van der Waals surface area (Å²) < 4.78 is 228. The van der Waals surface area contributed by atoms with E-state index in [1.807, 2.05) is 0 Å². The first-order valence-corrected chi connectivity index (χ1v) is 6.19. The second-order valence-corrected chi connectivity index (χ2v) is 6.00. The van der Waals surface area contributed by atoms with Crippen LogP contribution in [0.4, 0.5) is 74.6 Å². The summed E-state index contributed by atoms with van der Waals surface area (Å²) in [7, 11) is 0. The van der Waals surface area contributed by atoms with Gasteiger partial charge in [-0.05, 0) is 0 Å². The fourth-order valence-corrected chi connectivity index (χ4v) is 4.09. The molecule has 166 valence electrons. The average molecular weight is 460 g/mol. The maximum atomic E-state index is 14.4. The maximum Gasteiger partial charge on any atom is 0.408 e. The molecule has 0 aliphatic heterocycles. The van der Waals surface area contributed by atoms with Crippen LogP contribution in [0.2, 0.25) is 0 Å². The van der Waals surface area contributed by atoms with E-state index in [0.717, 1.165) is 0 Å². The van der Waals surface area contributed by atoms with E-state index in [4.69, 9.17) is 5.11 Å². The Bertz CT molecular complexity index is 629. The molecule has 2 aliphatic carbocycles. The van der Waals surface area contributed by atoms with Crippen molar-refractivity contribution in [1.29, 1.82) is 0 Å². The minimum Gasteiger partial charge on any atom is -0.356 e. The van der Waals surface area contributed by atoms with Gasteiger partial charge < -0.3 is 5.11 Å². The molecule has 3 atom stereocenters. The third kappa shape index (κ3) is 1.46. The Morgan fingerprint density at radius 3 is 1.00 bits per heavy atom. The molecule has 3 unspecified atom stereocenters. The SMILES string of the molecule is OC1(F)C(F)(F)C2(F)C(F)(F)C(F)(F)C1(C(F)(F)F)C2(C(F)(F)F)C(F)(F)F. The summed E-state index contributed by atoms with van der Waals surface area (Å²) in [6, 6.07) is 0. The molecule has 28 heavy (non-hydrogen) atoms. The van der Waals surface area contributed by atoms with E-state index >= 15 is 0 Å². The monoisotopic (exact) mass is 460 g/mol. The van der Waals surface area contributed by atoms with Gasteiger partial charge in [0, 0.05) is 0 Å². The summed E-state index contributed by atoms with van der Waals surface area (Å²) in [5.74, 6) is -32.1. The Morgan fingerprint density at radius 1 is 0.464 bits per heavy atom. The van der Waals surface area contributed by atoms with Gasteiger partial charge in [-0.1, -0.05) is 0 Å². The quantitative estimate of drug-likeness (QED) is 0.508. The van der Waals surface area contributed by atoms with Crippen LogP contribution in [0.15, 0.2) is 0 Å². The van der Waals surface area contributed by atoms with Crippen molar-refractivity contribution in [3.05, 3.63) is 0 Å². The Hall–Kier alpha value is -1.23. The Labute approximate surface area is 140 Å². The van der Waals surface area contributed by atoms with Gasteiger partial charge in [-0.25, -0.2) is 8.78 Å². The van der Waals surface area contributed by atoms with Crippen molar-refractivity contribution in [2.24, 2.45) is 10.8 Å². The van der Waals surface area contributed by atoms with Crippen LogP contribution >= 0.6 is 0 Å². The summed E-state index contributed by atoms with van der Waals surface area (Å²) in [6.45, 7) is 0. The zero-order valence-corrected chi connectivity index (χ0v) is 11.9. The van der Waals surface area contributed by atoms with Crippen LogP contribution in [0.25, 0.3) is 0 Å². The number of alkyl halides is 17. The summed E-state index contributed by atoms with van der Waals surface area (Å²) in [6.07, 6.45) is -25.1. The number of hydrogen-bond acceptors (Lipinski definition) is 1. The van der Waals surface area contributed by atoms with Crippen LogP contribution in [0, 0.1) is 10.8 Å². The first-order chi connectivity index (χ1) is 11.8. The van der Waals surface area contributed by atoms with Gasteiger partial charge >= 0.3 is 36.3 Å². The van der Waals surface area contributed by atoms with Crippen LogP contribution < -0.4 is 0 Å². The van der Waals surface area contributed by atoms with Gasteiger partial charge in [0.2, 0.25) is 10.8 Å². The number of halogens is 17. The highest BCUT2D eigenvalue weighted by atomic mass is 19.4. The average Bonchev–Trinajstić information content (AvgIpc) is 2.55. The van der Waals surface area contributed by atoms with E-state index in [0.29, 0.717) is 0 Å². The molecule has 0 aromatic heterocycles. The molecule has 18 heteroatoms. The van der Waals surface area contributed by atoms with Crippen molar-refractivity contribution in [1.82, 2.24) is 0 Å². The largest absolute Gasteiger partial charge is 0.408 e. The molecular weight excluding hydrogens is 459 g/mol. The van der Waals surface area contributed by atoms with Gasteiger partial charge in [0.15, 0.2) is 0 Å². The number of rotatable bonds is 0. The zero-order chi connectivity index (χ0) is 23.0. The molecule has 0 amide bonds. The molecule has 0 spiro atoms. The van der Waals surface area contributed by atoms with Gasteiger partial charge in [-0.15, -0.1) is 0 Å².